The van der Waals surface area contributed by atoms with E-state index < -0.39 is 0 Å². The van der Waals surface area contributed by atoms with Crippen LogP contribution < -0.4 is 15.8 Å². The number of nitrogens with zero attached hydrogens (tertiary/aromatic N) is 3. The van der Waals surface area contributed by atoms with Crippen molar-refractivity contribution in [2.75, 3.05) is 32.5 Å². The third kappa shape index (κ3) is 3.07. The fraction of sp³-hybridized carbons (Fsp3) is 0.350. The van der Waals surface area contributed by atoms with Gasteiger partial charge in [0.25, 0.3) is 5.56 Å². The molecule has 0 aliphatic carbocycles. The normalized spacial score (nSPS) is 11.9. The SMILES string of the molecule is Cc1sc2nc3c4ccccc4c(NCCC[NH+](C)C)nn3c(=O)c2c1C. The first-order valence-electron chi connectivity index (χ1n) is 9.21. The van der Waals surface area contributed by atoms with Crippen LogP contribution in [0.2, 0.25) is 0 Å². The van der Waals surface area contributed by atoms with E-state index in [1.165, 1.54) is 9.42 Å². The first-order chi connectivity index (χ1) is 13.0. The smallest absolute Gasteiger partial charge is 0.283 e. The molecule has 3 heterocycles. The van der Waals surface area contributed by atoms with Crippen LogP contribution >= 0.6 is 11.3 Å². The number of thiophene rings is 1. The molecular weight excluding hydrogens is 358 g/mol. The molecule has 2 N–H and O–H groups in total. The van der Waals surface area contributed by atoms with Crippen molar-refractivity contribution >= 4 is 43.8 Å². The zero-order chi connectivity index (χ0) is 19.1. The Labute approximate surface area is 161 Å². The lowest BCUT2D eigenvalue weighted by Gasteiger charge is -2.12. The third-order valence-corrected chi connectivity index (χ3v) is 6.05. The molecule has 140 valence electrons. The number of fused-ring (bicyclic) bond motifs is 4. The van der Waals surface area contributed by atoms with Gasteiger partial charge in [0.2, 0.25) is 0 Å². The van der Waals surface area contributed by atoms with Gasteiger partial charge in [0.1, 0.15) is 4.83 Å². The van der Waals surface area contributed by atoms with Crippen molar-refractivity contribution < 1.29 is 4.90 Å². The quantitative estimate of drug-likeness (QED) is 0.409. The molecular formula is C20H24N5OS+. The number of hydrogen-bond acceptors (Lipinski definition) is 5. The van der Waals surface area contributed by atoms with E-state index in [1.807, 2.05) is 38.1 Å². The maximum Gasteiger partial charge on any atom is 0.283 e. The number of hydrogen-bond donors (Lipinski definition) is 2. The standard InChI is InChI=1S/C20H23N5OS/c1-12-13(2)27-19-16(12)20(26)25-18(22-19)15-9-6-5-8-14(15)17(23-25)21-10-7-11-24(3)4/h5-6,8-9H,7,10-11H2,1-4H3,(H,21,23)/p+1. The number of aryl methyl sites for hydroxylation is 2. The summed E-state index contributed by atoms with van der Waals surface area (Å²) in [5.41, 5.74) is 1.52. The minimum Gasteiger partial charge on any atom is -0.368 e. The molecule has 7 heteroatoms. The summed E-state index contributed by atoms with van der Waals surface area (Å²) in [7, 11) is 4.29. The Hall–Kier alpha value is -2.51. The molecule has 4 aromatic rings. The fourth-order valence-electron chi connectivity index (χ4n) is 3.37. The molecule has 27 heavy (non-hydrogen) atoms. The number of benzene rings is 1. The van der Waals surface area contributed by atoms with Gasteiger partial charge in [-0.2, -0.15) is 4.52 Å². The number of rotatable bonds is 5. The predicted molar refractivity (Wildman–Crippen MR) is 112 cm³/mol. The maximum atomic E-state index is 13.2. The van der Waals surface area contributed by atoms with Gasteiger partial charge >= 0.3 is 0 Å². The molecule has 0 saturated heterocycles. The lowest BCUT2D eigenvalue weighted by molar-refractivity contribution is -0.858. The van der Waals surface area contributed by atoms with Crippen LogP contribution in [0.3, 0.4) is 0 Å². The van der Waals surface area contributed by atoms with E-state index in [0.717, 1.165) is 51.4 Å². The average Bonchev–Trinajstić information content (AvgIpc) is 2.93. The second-order valence-corrected chi connectivity index (χ2v) is 8.45. The summed E-state index contributed by atoms with van der Waals surface area (Å²) >= 11 is 1.57. The number of aromatic nitrogens is 3. The van der Waals surface area contributed by atoms with Crippen LogP contribution in [-0.4, -0.2) is 41.8 Å². The first-order valence-corrected chi connectivity index (χ1v) is 10.0. The van der Waals surface area contributed by atoms with Gasteiger partial charge in [0.15, 0.2) is 11.5 Å². The molecule has 0 fully saturated rings. The van der Waals surface area contributed by atoms with Crippen molar-refractivity contribution in [1.82, 2.24) is 14.6 Å². The van der Waals surface area contributed by atoms with Gasteiger partial charge in [0.05, 0.1) is 26.0 Å². The van der Waals surface area contributed by atoms with E-state index in [4.69, 9.17) is 4.98 Å². The van der Waals surface area contributed by atoms with Crippen LogP contribution in [0.4, 0.5) is 5.82 Å². The van der Waals surface area contributed by atoms with Gasteiger partial charge in [-0.1, -0.05) is 24.3 Å². The van der Waals surface area contributed by atoms with E-state index >= 15 is 0 Å². The fourth-order valence-corrected chi connectivity index (χ4v) is 4.39. The van der Waals surface area contributed by atoms with Crippen LogP contribution in [-0.2, 0) is 0 Å². The van der Waals surface area contributed by atoms with Gasteiger partial charge in [-0.3, -0.25) is 4.79 Å². The van der Waals surface area contributed by atoms with Gasteiger partial charge in [-0.15, -0.1) is 16.4 Å². The minimum absolute atomic E-state index is 0.0941. The maximum absolute atomic E-state index is 13.2. The Morgan fingerprint density at radius 3 is 2.67 bits per heavy atom. The van der Waals surface area contributed by atoms with Crippen molar-refractivity contribution in [1.29, 1.82) is 0 Å². The summed E-state index contributed by atoms with van der Waals surface area (Å²) in [6, 6.07) is 8.00. The Morgan fingerprint density at radius 1 is 1.19 bits per heavy atom. The summed E-state index contributed by atoms with van der Waals surface area (Å²) in [6.07, 6.45) is 1.03. The molecule has 0 bridgehead atoms. The van der Waals surface area contributed by atoms with Crippen LogP contribution in [0.15, 0.2) is 29.1 Å². The molecule has 0 saturated carbocycles. The van der Waals surface area contributed by atoms with Crippen molar-refractivity contribution in [2.45, 2.75) is 20.3 Å². The van der Waals surface area contributed by atoms with Crippen LogP contribution in [0.5, 0.6) is 0 Å². The Bertz CT molecular complexity index is 1210. The summed E-state index contributed by atoms with van der Waals surface area (Å²) in [5, 5.41) is 10.7. The summed E-state index contributed by atoms with van der Waals surface area (Å²) in [5.74, 6) is 0.736. The molecule has 0 radical (unpaired) electrons. The van der Waals surface area contributed by atoms with Crippen LogP contribution in [0.1, 0.15) is 16.9 Å². The highest BCUT2D eigenvalue weighted by Crippen LogP contribution is 2.29. The molecule has 4 rings (SSSR count). The van der Waals surface area contributed by atoms with E-state index in [2.05, 4.69) is 24.5 Å². The number of anilines is 1. The zero-order valence-corrected chi connectivity index (χ0v) is 16.9. The number of quaternary nitrogens is 1. The van der Waals surface area contributed by atoms with Crippen molar-refractivity contribution in [3.05, 3.63) is 45.1 Å². The molecule has 0 spiro atoms. The molecule has 0 aliphatic rings. The van der Waals surface area contributed by atoms with E-state index in [1.54, 1.807) is 11.3 Å². The largest absolute Gasteiger partial charge is 0.368 e. The van der Waals surface area contributed by atoms with Gasteiger partial charge in [0, 0.05) is 28.6 Å². The molecule has 3 aromatic heterocycles. The Balaban J connectivity index is 1.93. The Kier molecular flexibility index (Phi) is 4.57. The lowest BCUT2D eigenvalue weighted by atomic mass is 10.1. The van der Waals surface area contributed by atoms with Crippen molar-refractivity contribution in [3.63, 3.8) is 0 Å². The lowest BCUT2D eigenvalue weighted by Crippen LogP contribution is -3.05. The second-order valence-electron chi connectivity index (χ2n) is 7.25. The molecule has 1 aromatic carbocycles. The first kappa shape index (κ1) is 17.9. The van der Waals surface area contributed by atoms with E-state index in [0.29, 0.717) is 11.0 Å². The molecule has 0 aliphatic heterocycles. The molecule has 0 unspecified atom stereocenters. The highest BCUT2D eigenvalue weighted by atomic mass is 32.1. The molecule has 6 nitrogen and oxygen atoms in total. The van der Waals surface area contributed by atoms with Gasteiger partial charge in [-0.05, 0) is 19.4 Å². The summed E-state index contributed by atoms with van der Waals surface area (Å²) in [4.78, 5) is 21.3. The van der Waals surface area contributed by atoms with Crippen molar-refractivity contribution in [2.24, 2.45) is 0 Å². The number of nitrogens with one attached hydrogen (secondary N) is 2. The van der Waals surface area contributed by atoms with Gasteiger partial charge < -0.3 is 10.2 Å². The molecule has 0 amide bonds. The monoisotopic (exact) mass is 382 g/mol. The topological polar surface area (TPSA) is 63.7 Å². The minimum atomic E-state index is -0.0941. The third-order valence-electron chi connectivity index (χ3n) is 4.95. The highest BCUT2D eigenvalue weighted by molar-refractivity contribution is 7.18. The zero-order valence-electron chi connectivity index (χ0n) is 16.1. The summed E-state index contributed by atoms with van der Waals surface area (Å²) < 4.78 is 1.46. The Morgan fingerprint density at radius 2 is 1.93 bits per heavy atom. The average molecular weight is 383 g/mol. The predicted octanol–water partition coefficient (Wildman–Crippen LogP) is 2.02. The van der Waals surface area contributed by atoms with E-state index in [-0.39, 0.29) is 5.56 Å². The van der Waals surface area contributed by atoms with E-state index in [9.17, 15) is 4.79 Å². The van der Waals surface area contributed by atoms with Crippen LogP contribution in [0.25, 0.3) is 26.6 Å². The molecule has 0 atom stereocenters. The second kappa shape index (κ2) is 6.90. The highest BCUT2D eigenvalue weighted by Gasteiger charge is 2.17. The van der Waals surface area contributed by atoms with Crippen LogP contribution in [0, 0.1) is 13.8 Å². The summed E-state index contributed by atoms with van der Waals surface area (Å²) in [6.45, 7) is 5.90. The van der Waals surface area contributed by atoms with Crippen molar-refractivity contribution in [3.8, 4) is 0 Å². The van der Waals surface area contributed by atoms with Gasteiger partial charge in [-0.25, -0.2) is 4.98 Å².